The minimum absolute atomic E-state index is 0.292. The highest BCUT2D eigenvalue weighted by Crippen LogP contribution is 2.14. The van der Waals surface area contributed by atoms with E-state index in [2.05, 4.69) is 15.8 Å². The van der Waals surface area contributed by atoms with Crippen molar-refractivity contribution in [2.45, 2.75) is 32.6 Å². The van der Waals surface area contributed by atoms with Crippen LogP contribution in [0.2, 0.25) is 0 Å². The second kappa shape index (κ2) is 8.07. The Hall–Kier alpha value is -2.70. The highest BCUT2D eigenvalue weighted by molar-refractivity contribution is 6.39. The molecule has 0 saturated heterocycles. The van der Waals surface area contributed by atoms with Gasteiger partial charge in [0, 0.05) is 11.4 Å². The van der Waals surface area contributed by atoms with Crippen molar-refractivity contribution in [2.24, 2.45) is 5.10 Å². The van der Waals surface area contributed by atoms with E-state index < -0.39 is 17.8 Å². The van der Waals surface area contributed by atoms with Gasteiger partial charge in [-0.05, 0) is 56.9 Å². The summed E-state index contributed by atoms with van der Waals surface area (Å²) in [5.74, 6) is -2.06. The highest BCUT2D eigenvalue weighted by Gasteiger charge is 2.15. The van der Waals surface area contributed by atoms with Crippen LogP contribution in [0.5, 0.6) is 0 Å². The van der Waals surface area contributed by atoms with Gasteiger partial charge in [-0.2, -0.15) is 5.10 Å². The van der Waals surface area contributed by atoms with Gasteiger partial charge in [0.2, 0.25) is 0 Å². The Labute approximate surface area is 134 Å². The minimum Gasteiger partial charge on any atom is -0.462 e. The highest BCUT2D eigenvalue weighted by atomic mass is 16.5. The van der Waals surface area contributed by atoms with E-state index in [1.165, 1.54) is 24.3 Å². The number of hydrazone groups is 1. The Morgan fingerprint density at radius 3 is 2.35 bits per heavy atom. The molecule has 0 heterocycles. The second-order valence-corrected chi connectivity index (χ2v) is 5.08. The van der Waals surface area contributed by atoms with Gasteiger partial charge in [-0.1, -0.05) is 0 Å². The maximum absolute atomic E-state index is 11.8. The van der Waals surface area contributed by atoms with Crippen LogP contribution in [0.1, 0.15) is 43.0 Å². The van der Waals surface area contributed by atoms with Gasteiger partial charge in [0.15, 0.2) is 0 Å². The number of esters is 1. The molecule has 0 atom stereocenters. The number of hydrogen-bond acceptors (Lipinski definition) is 5. The fourth-order valence-electron chi connectivity index (χ4n) is 2.17. The van der Waals surface area contributed by atoms with Gasteiger partial charge in [-0.3, -0.25) is 9.59 Å². The molecule has 7 nitrogen and oxygen atoms in total. The van der Waals surface area contributed by atoms with E-state index in [9.17, 15) is 14.4 Å². The van der Waals surface area contributed by atoms with Crippen LogP contribution < -0.4 is 10.7 Å². The number of nitrogens with one attached hydrogen (secondary N) is 2. The lowest BCUT2D eigenvalue weighted by Gasteiger charge is -2.06. The minimum atomic E-state index is -0.820. The number of hydrogen-bond donors (Lipinski definition) is 2. The van der Waals surface area contributed by atoms with Crippen molar-refractivity contribution < 1.29 is 19.1 Å². The number of ether oxygens (including phenoxy) is 1. The standard InChI is InChI=1S/C16H19N3O4/c1-2-23-16(22)11-7-9-12(10-8-11)17-14(20)15(21)19-18-13-5-3-4-6-13/h7-10H,2-6H2,1H3,(H,17,20)(H,19,21). The third kappa shape index (κ3) is 4.91. The lowest BCUT2D eigenvalue weighted by molar-refractivity contribution is -0.136. The number of carbonyl (C=O) groups is 3. The fourth-order valence-corrected chi connectivity index (χ4v) is 2.17. The van der Waals surface area contributed by atoms with Crippen molar-refractivity contribution in [3.05, 3.63) is 29.8 Å². The molecule has 1 saturated carbocycles. The molecule has 1 aromatic rings. The smallest absolute Gasteiger partial charge is 0.338 e. The van der Waals surface area contributed by atoms with E-state index in [-0.39, 0.29) is 0 Å². The van der Waals surface area contributed by atoms with Crippen LogP contribution in [0.4, 0.5) is 5.69 Å². The average Bonchev–Trinajstić information content (AvgIpc) is 3.07. The second-order valence-electron chi connectivity index (χ2n) is 5.08. The zero-order valence-corrected chi connectivity index (χ0v) is 12.9. The lowest BCUT2D eigenvalue weighted by Crippen LogP contribution is -2.32. The Morgan fingerprint density at radius 1 is 1.09 bits per heavy atom. The molecule has 0 spiro atoms. The molecule has 122 valence electrons. The van der Waals surface area contributed by atoms with Crippen LogP contribution in [0.25, 0.3) is 0 Å². The summed E-state index contributed by atoms with van der Waals surface area (Å²) in [6.45, 7) is 2.01. The van der Waals surface area contributed by atoms with Crippen molar-refractivity contribution in [1.82, 2.24) is 5.43 Å². The summed E-state index contributed by atoms with van der Waals surface area (Å²) in [7, 11) is 0. The Balaban J connectivity index is 1.88. The van der Waals surface area contributed by atoms with Crippen LogP contribution in [0.15, 0.2) is 29.4 Å². The molecule has 0 unspecified atom stereocenters. The number of carbonyl (C=O) groups excluding carboxylic acids is 3. The van der Waals surface area contributed by atoms with E-state index in [1.54, 1.807) is 6.92 Å². The van der Waals surface area contributed by atoms with Gasteiger partial charge >= 0.3 is 17.8 Å². The zero-order chi connectivity index (χ0) is 16.7. The van der Waals surface area contributed by atoms with Crippen LogP contribution in [-0.4, -0.2) is 30.1 Å². The summed E-state index contributed by atoms with van der Waals surface area (Å²) in [6.07, 6.45) is 3.84. The first kappa shape index (κ1) is 16.7. The average molecular weight is 317 g/mol. The summed E-state index contributed by atoms with van der Waals surface area (Å²) in [6, 6.07) is 6.09. The van der Waals surface area contributed by atoms with E-state index >= 15 is 0 Å². The van der Waals surface area contributed by atoms with E-state index in [0.29, 0.717) is 17.9 Å². The maximum Gasteiger partial charge on any atom is 0.338 e. The van der Waals surface area contributed by atoms with Crippen molar-refractivity contribution in [1.29, 1.82) is 0 Å². The molecule has 0 bridgehead atoms. The van der Waals surface area contributed by atoms with Crippen molar-refractivity contribution in [3.63, 3.8) is 0 Å². The monoisotopic (exact) mass is 317 g/mol. The topological polar surface area (TPSA) is 96.9 Å². The molecule has 1 aliphatic rings. The number of nitrogens with zero attached hydrogens (tertiary/aromatic N) is 1. The molecule has 23 heavy (non-hydrogen) atoms. The van der Waals surface area contributed by atoms with Crippen LogP contribution >= 0.6 is 0 Å². The molecule has 1 aromatic carbocycles. The van der Waals surface area contributed by atoms with Crippen molar-refractivity contribution >= 4 is 29.2 Å². The first-order valence-corrected chi connectivity index (χ1v) is 7.54. The third-order valence-electron chi connectivity index (χ3n) is 3.36. The van der Waals surface area contributed by atoms with Gasteiger partial charge in [0.05, 0.1) is 12.2 Å². The summed E-state index contributed by atoms with van der Waals surface area (Å²) in [4.78, 5) is 34.9. The van der Waals surface area contributed by atoms with Gasteiger partial charge in [-0.25, -0.2) is 10.2 Å². The van der Waals surface area contributed by atoms with Crippen LogP contribution in [-0.2, 0) is 14.3 Å². The molecule has 2 rings (SSSR count). The third-order valence-corrected chi connectivity index (χ3v) is 3.36. The molecular formula is C16H19N3O4. The molecule has 1 fully saturated rings. The van der Waals surface area contributed by atoms with Gasteiger partial charge in [-0.15, -0.1) is 0 Å². The predicted octanol–water partition coefficient (Wildman–Crippen LogP) is 1.85. The number of anilines is 1. The maximum atomic E-state index is 11.8. The summed E-state index contributed by atoms with van der Waals surface area (Å²) < 4.78 is 4.86. The number of benzene rings is 1. The first-order valence-electron chi connectivity index (χ1n) is 7.54. The molecule has 0 aliphatic heterocycles. The Morgan fingerprint density at radius 2 is 1.74 bits per heavy atom. The van der Waals surface area contributed by atoms with Crippen molar-refractivity contribution in [3.8, 4) is 0 Å². The number of amides is 2. The molecule has 1 aliphatic carbocycles. The molecule has 0 aromatic heterocycles. The fraction of sp³-hybridized carbons (Fsp3) is 0.375. The SMILES string of the molecule is CCOC(=O)c1ccc(NC(=O)C(=O)NN=C2CCCC2)cc1. The molecule has 0 radical (unpaired) electrons. The predicted molar refractivity (Wildman–Crippen MR) is 85.1 cm³/mol. The van der Waals surface area contributed by atoms with E-state index in [1.807, 2.05) is 0 Å². The van der Waals surface area contributed by atoms with Crippen LogP contribution in [0, 0.1) is 0 Å². The van der Waals surface area contributed by atoms with Crippen LogP contribution in [0.3, 0.4) is 0 Å². The van der Waals surface area contributed by atoms with Gasteiger partial charge < -0.3 is 10.1 Å². The summed E-state index contributed by atoms with van der Waals surface area (Å²) in [5, 5.41) is 6.38. The number of rotatable bonds is 4. The van der Waals surface area contributed by atoms with E-state index in [0.717, 1.165) is 31.4 Å². The van der Waals surface area contributed by atoms with Gasteiger partial charge in [0.25, 0.3) is 0 Å². The molecule has 2 N–H and O–H groups in total. The lowest BCUT2D eigenvalue weighted by atomic mass is 10.2. The summed E-state index contributed by atoms with van der Waals surface area (Å²) >= 11 is 0. The molecule has 7 heteroatoms. The van der Waals surface area contributed by atoms with Crippen molar-refractivity contribution in [2.75, 3.05) is 11.9 Å². The Bertz CT molecular complexity index is 615. The quantitative estimate of drug-likeness (QED) is 0.503. The zero-order valence-electron chi connectivity index (χ0n) is 12.9. The molecular weight excluding hydrogens is 298 g/mol. The normalized spacial score (nSPS) is 13.3. The summed E-state index contributed by atoms with van der Waals surface area (Å²) in [5.41, 5.74) is 3.95. The first-order chi connectivity index (χ1) is 11.1. The Kier molecular flexibility index (Phi) is 5.85. The molecule has 2 amide bonds. The van der Waals surface area contributed by atoms with Gasteiger partial charge in [0.1, 0.15) is 0 Å². The largest absolute Gasteiger partial charge is 0.462 e. The van der Waals surface area contributed by atoms with E-state index in [4.69, 9.17) is 4.74 Å².